The summed E-state index contributed by atoms with van der Waals surface area (Å²) < 4.78 is 5.35. The van der Waals surface area contributed by atoms with Crippen molar-refractivity contribution in [1.29, 1.82) is 0 Å². The van der Waals surface area contributed by atoms with E-state index in [4.69, 9.17) is 16.2 Å². The highest BCUT2D eigenvalue weighted by atomic mass is 32.1. The van der Waals surface area contributed by atoms with Gasteiger partial charge in [-0.2, -0.15) is 0 Å². The number of thiophene rings is 1. The van der Waals surface area contributed by atoms with Crippen molar-refractivity contribution in [2.75, 3.05) is 30.8 Å². The molecular formula is C13H21N3O2S. The van der Waals surface area contributed by atoms with Gasteiger partial charge in [0.1, 0.15) is 15.6 Å². The Labute approximate surface area is 117 Å². The Hall–Kier alpha value is -1.43. The maximum atomic E-state index is 11.4. The van der Waals surface area contributed by atoms with Gasteiger partial charge < -0.3 is 21.1 Å². The van der Waals surface area contributed by atoms with Crippen LogP contribution in [0.1, 0.15) is 29.9 Å². The number of primary amides is 1. The largest absolute Gasteiger partial charge is 0.492 e. The van der Waals surface area contributed by atoms with Crippen molar-refractivity contribution in [3.8, 4) is 5.75 Å². The van der Waals surface area contributed by atoms with Crippen LogP contribution in [0.3, 0.4) is 0 Å². The molecule has 2 heterocycles. The van der Waals surface area contributed by atoms with E-state index >= 15 is 0 Å². The van der Waals surface area contributed by atoms with Gasteiger partial charge in [0.05, 0.1) is 7.11 Å². The fourth-order valence-electron chi connectivity index (χ4n) is 2.52. The lowest BCUT2D eigenvalue weighted by molar-refractivity contribution is 0.100. The van der Waals surface area contributed by atoms with Crippen LogP contribution in [0.5, 0.6) is 5.75 Å². The molecular weight excluding hydrogens is 262 g/mol. The molecule has 0 spiro atoms. The molecule has 0 bridgehead atoms. The van der Waals surface area contributed by atoms with Crippen molar-refractivity contribution in [2.24, 2.45) is 17.6 Å². The van der Waals surface area contributed by atoms with Gasteiger partial charge in [0, 0.05) is 13.1 Å². The minimum atomic E-state index is -0.494. The first-order valence-corrected chi connectivity index (χ1v) is 7.28. The molecule has 6 heteroatoms. The molecule has 1 saturated heterocycles. The fourth-order valence-corrected chi connectivity index (χ4v) is 3.60. The van der Waals surface area contributed by atoms with E-state index in [1.165, 1.54) is 11.3 Å². The monoisotopic (exact) mass is 283 g/mol. The molecule has 0 radical (unpaired) electrons. The summed E-state index contributed by atoms with van der Waals surface area (Å²) in [5.74, 6) is 1.42. The van der Waals surface area contributed by atoms with E-state index in [2.05, 4.69) is 18.7 Å². The van der Waals surface area contributed by atoms with Crippen LogP contribution < -0.4 is 21.1 Å². The van der Waals surface area contributed by atoms with E-state index < -0.39 is 5.91 Å². The van der Waals surface area contributed by atoms with E-state index in [9.17, 15) is 4.79 Å². The minimum Gasteiger partial charge on any atom is -0.492 e. The minimum absolute atomic E-state index is 0.364. The Morgan fingerprint density at radius 2 is 2.21 bits per heavy atom. The van der Waals surface area contributed by atoms with Crippen LogP contribution in [-0.4, -0.2) is 26.1 Å². The van der Waals surface area contributed by atoms with Crippen molar-refractivity contribution < 1.29 is 9.53 Å². The van der Waals surface area contributed by atoms with Crippen molar-refractivity contribution in [3.05, 3.63) is 4.88 Å². The second-order valence-electron chi connectivity index (χ2n) is 5.29. The number of hydrogen-bond donors (Lipinski definition) is 2. The maximum absolute atomic E-state index is 11.4. The summed E-state index contributed by atoms with van der Waals surface area (Å²) in [5, 5.41) is 0.928. The molecule has 0 saturated carbocycles. The number of nitrogen functional groups attached to an aromatic ring is 1. The predicted octanol–water partition coefficient (Wildman–Crippen LogP) is 1.92. The van der Waals surface area contributed by atoms with Crippen LogP contribution >= 0.6 is 11.3 Å². The van der Waals surface area contributed by atoms with Gasteiger partial charge in [-0.15, -0.1) is 11.3 Å². The molecule has 0 aliphatic carbocycles. The number of nitrogens with zero attached hydrogens (tertiary/aromatic N) is 1. The van der Waals surface area contributed by atoms with Crippen LogP contribution in [0, 0.1) is 11.8 Å². The Morgan fingerprint density at radius 1 is 1.53 bits per heavy atom. The van der Waals surface area contributed by atoms with E-state index in [0.717, 1.165) is 24.5 Å². The van der Waals surface area contributed by atoms with Crippen molar-refractivity contribution in [3.63, 3.8) is 0 Å². The number of anilines is 2. The first kappa shape index (κ1) is 14.0. The van der Waals surface area contributed by atoms with Crippen molar-refractivity contribution in [1.82, 2.24) is 0 Å². The van der Waals surface area contributed by atoms with Gasteiger partial charge in [-0.1, -0.05) is 13.8 Å². The van der Waals surface area contributed by atoms with Crippen LogP contribution in [-0.2, 0) is 0 Å². The highest BCUT2D eigenvalue weighted by Gasteiger charge is 2.30. The van der Waals surface area contributed by atoms with Gasteiger partial charge >= 0.3 is 0 Å². The molecule has 1 fully saturated rings. The van der Waals surface area contributed by atoms with Gasteiger partial charge in [-0.3, -0.25) is 4.79 Å². The van der Waals surface area contributed by atoms with Crippen molar-refractivity contribution in [2.45, 2.75) is 20.3 Å². The number of amides is 1. The van der Waals surface area contributed by atoms with Crippen LogP contribution in [0.2, 0.25) is 0 Å². The summed E-state index contributed by atoms with van der Waals surface area (Å²) in [4.78, 5) is 14.0. The highest BCUT2D eigenvalue weighted by Crippen LogP contribution is 2.46. The number of nitrogens with two attached hydrogens (primary N) is 2. The summed E-state index contributed by atoms with van der Waals surface area (Å²) in [7, 11) is 1.57. The fraction of sp³-hybridized carbons (Fsp3) is 0.615. The zero-order valence-electron chi connectivity index (χ0n) is 11.6. The lowest BCUT2D eigenvalue weighted by Crippen LogP contribution is -2.20. The van der Waals surface area contributed by atoms with E-state index in [1.807, 2.05) is 0 Å². The van der Waals surface area contributed by atoms with E-state index in [-0.39, 0.29) is 0 Å². The second kappa shape index (κ2) is 5.28. The molecule has 1 aliphatic rings. The zero-order chi connectivity index (χ0) is 14.2. The maximum Gasteiger partial charge on any atom is 0.261 e. The SMILES string of the molecule is COc1c(N2CCC(C(C)C)C2)sc(C(N)=O)c1N. The third-order valence-electron chi connectivity index (χ3n) is 3.76. The molecule has 5 nitrogen and oxygen atoms in total. The number of rotatable bonds is 4. The smallest absolute Gasteiger partial charge is 0.261 e. The van der Waals surface area contributed by atoms with Crippen LogP contribution in [0.15, 0.2) is 0 Å². The topological polar surface area (TPSA) is 81.6 Å². The Kier molecular flexibility index (Phi) is 3.89. The Morgan fingerprint density at radius 3 is 2.68 bits per heavy atom. The summed E-state index contributed by atoms with van der Waals surface area (Å²) in [6.07, 6.45) is 1.16. The summed E-state index contributed by atoms with van der Waals surface area (Å²) in [6.45, 7) is 6.43. The molecule has 1 atom stereocenters. The average Bonchev–Trinajstić information content (AvgIpc) is 2.92. The molecule has 1 amide bonds. The third-order valence-corrected chi connectivity index (χ3v) is 5.03. The molecule has 4 N–H and O–H groups in total. The second-order valence-corrected chi connectivity index (χ2v) is 6.29. The molecule has 1 aliphatic heterocycles. The molecule has 1 unspecified atom stereocenters. The number of carbonyl (C=O) groups excluding carboxylic acids is 1. The van der Waals surface area contributed by atoms with Gasteiger partial charge in [0.25, 0.3) is 5.91 Å². The van der Waals surface area contributed by atoms with Crippen molar-refractivity contribution >= 4 is 27.9 Å². The van der Waals surface area contributed by atoms with Crippen LogP contribution in [0.25, 0.3) is 0 Å². The summed E-state index contributed by atoms with van der Waals surface area (Å²) in [5.41, 5.74) is 11.6. The number of carbonyl (C=O) groups is 1. The lowest BCUT2D eigenvalue weighted by Gasteiger charge is -2.19. The molecule has 1 aromatic rings. The summed E-state index contributed by atoms with van der Waals surface area (Å²) in [6, 6.07) is 0. The Bertz CT molecular complexity index is 484. The lowest BCUT2D eigenvalue weighted by atomic mass is 9.95. The van der Waals surface area contributed by atoms with Gasteiger partial charge in [0.15, 0.2) is 5.75 Å². The van der Waals surface area contributed by atoms with Gasteiger partial charge in [-0.25, -0.2) is 0 Å². The molecule has 19 heavy (non-hydrogen) atoms. The first-order valence-electron chi connectivity index (χ1n) is 6.46. The average molecular weight is 283 g/mol. The number of methoxy groups -OCH3 is 1. The normalized spacial score (nSPS) is 19.2. The first-order chi connectivity index (χ1) is 8.95. The number of ether oxygens (including phenoxy) is 1. The Balaban J connectivity index is 2.30. The van der Waals surface area contributed by atoms with E-state index in [0.29, 0.717) is 28.1 Å². The standard InChI is InChI=1S/C13H21N3O2S/c1-7(2)8-4-5-16(6-8)13-10(18-3)9(14)11(19-13)12(15)17/h7-8H,4-6,14H2,1-3H3,(H2,15,17). The van der Waals surface area contributed by atoms with Gasteiger partial charge in [-0.05, 0) is 18.3 Å². The summed E-state index contributed by atoms with van der Waals surface area (Å²) >= 11 is 1.33. The third kappa shape index (κ3) is 2.49. The van der Waals surface area contributed by atoms with Gasteiger partial charge in [0.2, 0.25) is 0 Å². The highest BCUT2D eigenvalue weighted by molar-refractivity contribution is 7.19. The quantitative estimate of drug-likeness (QED) is 0.884. The molecule has 2 rings (SSSR count). The molecule has 0 aromatic carbocycles. The predicted molar refractivity (Wildman–Crippen MR) is 79.0 cm³/mol. The molecule has 1 aromatic heterocycles. The van der Waals surface area contributed by atoms with E-state index in [1.54, 1.807) is 7.11 Å². The zero-order valence-corrected chi connectivity index (χ0v) is 12.4. The van der Waals surface area contributed by atoms with Crippen LogP contribution in [0.4, 0.5) is 10.7 Å². The molecule has 106 valence electrons. The number of hydrogen-bond acceptors (Lipinski definition) is 5.